The topological polar surface area (TPSA) is 38.5 Å². The second-order valence-electron chi connectivity index (χ2n) is 5.50. The number of hydrogen-bond acceptors (Lipinski definition) is 3. The first-order valence-corrected chi connectivity index (χ1v) is 7.26. The van der Waals surface area contributed by atoms with Crippen molar-refractivity contribution in [1.29, 1.82) is 0 Å². The van der Waals surface area contributed by atoms with Gasteiger partial charge in [-0.25, -0.2) is 0 Å². The zero-order valence-corrected chi connectivity index (χ0v) is 11.8. The van der Waals surface area contributed by atoms with Crippen molar-refractivity contribution in [2.45, 2.75) is 58.6 Å². The lowest BCUT2D eigenvalue weighted by molar-refractivity contribution is -0.0432. The second kappa shape index (κ2) is 8.06. The summed E-state index contributed by atoms with van der Waals surface area (Å²) in [5.41, 5.74) is 6.29. The third kappa shape index (κ3) is 5.36. The number of nitrogens with zero attached hydrogens (tertiary/aromatic N) is 1. The van der Waals surface area contributed by atoms with Crippen LogP contribution in [0.4, 0.5) is 0 Å². The Bertz CT molecular complexity index is 197. The molecule has 3 atom stereocenters. The number of rotatable bonds is 7. The van der Waals surface area contributed by atoms with Gasteiger partial charge in [-0.2, -0.15) is 0 Å². The molecule has 1 fully saturated rings. The standard InChI is InChI=1S/C14H30N2O/c1-4-6-12(3)10-13(15)14-11-16(7-5-2)8-9-17-14/h12-14H,4-11,15H2,1-3H3. The molecule has 0 aromatic carbocycles. The molecular formula is C14H30N2O. The molecule has 0 amide bonds. The summed E-state index contributed by atoms with van der Waals surface area (Å²) in [6.45, 7) is 10.9. The molecule has 0 aromatic rings. The van der Waals surface area contributed by atoms with Crippen LogP contribution in [0.2, 0.25) is 0 Å². The predicted molar refractivity (Wildman–Crippen MR) is 73.1 cm³/mol. The van der Waals surface area contributed by atoms with Gasteiger partial charge in [0.1, 0.15) is 0 Å². The molecule has 0 radical (unpaired) electrons. The highest BCUT2D eigenvalue weighted by Crippen LogP contribution is 2.17. The van der Waals surface area contributed by atoms with Crippen molar-refractivity contribution in [3.8, 4) is 0 Å². The Hall–Kier alpha value is -0.120. The van der Waals surface area contributed by atoms with Crippen molar-refractivity contribution >= 4 is 0 Å². The molecular weight excluding hydrogens is 212 g/mol. The van der Waals surface area contributed by atoms with Crippen molar-refractivity contribution in [1.82, 2.24) is 4.90 Å². The molecule has 0 bridgehead atoms. The van der Waals surface area contributed by atoms with E-state index in [4.69, 9.17) is 10.5 Å². The first kappa shape index (κ1) is 14.9. The fourth-order valence-corrected chi connectivity index (χ4v) is 2.74. The van der Waals surface area contributed by atoms with Gasteiger partial charge in [-0.15, -0.1) is 0 Å². The molecule has 17 heavy (non-hydrogen) atoms. The van der Waals surface area contributed by atoms with Crippen molar-refractivity contribution in [3.05, 3.63) is 0 Å². The van der Waals surface area contributed by atoms with Crippen LogP contribution in [0, 0.1) is 5.92 Å². The lowest BCUT2D eigenvalue weighted by Gasteiger charge is -2.36. The van der Waals surface area contributed by atoms with E-state index in [-0.39, 0.29) is 12.1 Å². The minimum absolute atomic E-state index is 0.205. The first-order chi connectivity index (χ1) is 8.17. The van der Waals surface area contributed by atoms with Crippen LogP contribution < -0.4 is 5.73 Å². The Labute approximate surface area is 107 Å². The van der Waals surface area contributed by atoms with Crippen LogP contribution in [0.5, 0.6) is 0 Å². The summed E-state index contributed by atoms with van der Waals surface area (Å²) >= 11 is 0. The van der Waals surface area contributed by atoms with Crippen LogP contribution in [0.1, 0.15) is 46.5 Å². The molecule has 0 aliphatic carbocycles. The molecule has 0 aromatic heterocycles. The molecule has 3 heteroatoms. The van der Waals surface area contributed by atoms with Crippen LogP contribution in [0.25, 0.3) is 0 Å². The molecule has 102 valence electrons. The Kier molecular flexibility index (Phi) is 7.09. The van der Waals surface area contributed by atoms with E-state index >= 15 is 0 Å². The monoisotopic (exact) mass is 242 g/mol. The normalized spacial score (nSPS) is 25.8. The maximum Gasteiger partial charge on any atom is 0.0853 e. The molecule has 1 aliphatic rings. The maximum atomic E-state index is 6.29. The van der Waals surface area contributed by atoms with Crippen LogP contribution in [-0.2, 0) is 4.74 Å². The van der Waals surface area contributed by atoms with Gasteiger partial charge < -0.3 is 10.5 Å². The largest absolute Gasteiger partial charge is 0.374 e. The quantitative estimate of drug-likeness (QED) is 0.744. The summed E-state index contributed by atoms with van der Waals surface area (Å²) in [7, 11) is 0. The molecule has 2 N–H and O–H groups in total. The maximum absolute atomic E-state index is 6.29. The Morgan fingerprint density at radius 1 is 1.35 bits per heavy atom. The van der Waals surface area contributed by atoms with Gasteiger partial charge in [0.2, 0.25) is 0 Å². The van der Waals surface area contributed by atoms with Gasteiger partial charge >= 0.3 is 0 Å². The minimum Gasteiger partial charge on any atom is -0.374 e. The van der Waals surface area contributed by atoms with Crippen LogP contribution in [-0.4, -0.2) is 43.3 Å². The third-order valence-corrected chi connectivity index (χ3v) is 3.65. The van der Waals surface area contributed by atoms with Gasteiger partial charge in [0.05, 0.1) is 12.7 Å². The van der Waals surface area contributed by atoms with E-state index in [0.29, 0.717) is 0 Å². The molecule has 1 heterocycles. The summed E-state index contributed by atoms with van der Waals surface area (Å²) in [5, 5.41) is 0. The first-order valence-electron chi connectivity index (χ1n) is 7.26. The van der Waals surface area contributed by atoms with E-state index in [9.17, 15) is 0 Å². The number of morpholine rings is 1. The summed E-state index contributed by atoms with van der Waals surface area (Å²) < 4.78 is 5.83. The van der Waals surface area contributed by atoms with Crippen LogP contribution in [0.3, 0.4) is 0 Å². The fourth-order valence-electron chi connectivity index (χ4n) is 2.74. The summed E-state index contributed by atoms with van der Waals surface area (Å²) in [6.07, 6.45) is 5.09. The average molecular weight is 242 g/mol. The van der Waals surface area contributed by atoms with Crippen LogP contribution >= 0.6 is 0 Å². The Balaban J connectivity index is 2.32. The van der Waals surface area contributed by atoms with Crippen molar-refractivity contribution in [2.75, 3.05) is 26.2 Å². The number of hydrogen-bond donors (Lipinski definition) is 1. The number of ether oxygens (including phenoxy) is 1. The van der Waals surface area contributed by atoms with Gasteiger partial charge in [0.15, 0.2) is 0 Å². The van der Waals surface area contributed by atoms with E-state index in [1.165, 1.54) is 25.8 Å². The summed E-state index contributed by atoms with van der Waals surface area (Å²) in [6, 6.07) is 0.205. The molecule has 0 spiro atoms. The average Bonchev–Trinajstić information content (AvgIpc) is 2.30. The van der Waals surface area contributed by atoms with Crippen LogP contribution in [0.15, 0.2) is 0 Å². The van der Waals surface area contributed by atoms with E-state index in [1.54, 1.807) is 0 Å². The van der Waals surface area contributed by atoms with Gasteiger partial charge in [-0.3, -0.25) is 4.90 Å². The molecule has 1 aliphatic heterocycles. The van der Waals surface area contributed by atoms with E-state index in [0.717, 1.165) is 32.0 Å². The SMILES string of the molecule is CCCC(C)CC(N)C1CN(CCC)CCO1. The zero-order chi connectivity index (χ0) is 12.7. The molecule has 1 rings (SSSR count). The highest BCUT2D eigenvalue weighted by atomic mass is 16.5. The summed E-state index contributed by atoms with van der Waals surface area (Å²) in [5.74, 6) is 0.722. The van der Waals surface area contributed by atoms with Crippen molar-refractivity contribution < 1.29 is 4.74 Å². The molecule has 3 nitrogen and oxygen atoms in total. The van der Waals surface area contributed by atoms with E-state index in [1.807, 2.05) is 0 Å². The highest BCUT2D eigenvalue weighted by molar-refractivity contribution is 4.81. The minimum atomic E-state index is 0.205. The van der Waals surface area contributed by atoms with Gasteiger partial charge in [-0.1, -0.05) is 33.6 Å². The van der Waals surface area contributed by atoms with Crippen molar-refractivity contribution in [3.63, 3.8) is 0 Å². The van der Waals surface area contributed by atoms with Gasteiger partial charge in [0, 0.05) is 19.1 Å². The van der Waals surface area contributed by atoms with E-state index in [2.05, 4.69) is 25.7 Å². The van der Waals surface area contributed by atoms with Gasteiger partial charge in [-0.05, 0) is 25.3 Å². The Morgan fingerprint density at radius 2 is 2.12 bits per heavy atom. The van der Waals surface area contributed by atoms with Gasteiger partial charge in [0.25, 0.3) is 0 Å². The Morgan fingerprint density at radius 3 is 2.76 bits per heavy atom. The smallest absolute Gasteiger partial charge is 0.0853 e. The third-order valence-electron chi connectivity index (χ3n) is 3.65. The second-order valence-corrected chi connectivity index (χ2v) is 5.50. The lowest BCUT2D eigenvalue weighted by atomic mass is 9.94. The van der Waals surface area contributed by atoms with Crippen molar-refractivity contribution in [2.24, 2.45) is 11.7 Å². The fraction of sp³-hybridized carbons (Fsp3) is 1.00. The van der Waals surface area contributed by atoms with E-state index < -0.39 is 0 Å². The highest BCUT2D eigenvalue weighted by Gasteiger charge is 2.26. The zero-order valence-electron chi connectivity index (χ0n) is 11.8. The summed E-state index contributed by atoms with van der Waals surface area (Å²) in [4.78, 5) is 2.48. The molecule has 0 saturated carbocycles. The number of nitrogens with two attached hydrogens (primary N) is 1. The predicted octanol–water partition coefficient (Wildman–Crippen LogP) is 2.25. The molecule has 1 saturated heterocycles. The molecule has 3 unspecified atom stereocenters. The lowest BCUT2D eigenvalue weighted by Crippen LogP contribution is -2.51.